The van der Waals surface area contributed by atoms with Crippen molar-refractivity contribution in [3.8, 4) is 0 Å². The number of rotatable bonds is 2. The molecule has 0 aromatic heterocycles. The molecule has 1 unspecified atom stereocenters. The predicted molar refractivity (Wildman–Crippen MR) is 53.4 cm³/mol. The minimum absolute atomic E-state index is 0.120. The zero-order valence-electron chi connectivity index (χ0n) is 9.21. The van der Waals surface area contributed by atoms with E-state index in [-0.39, 0.29) is 11.1 Å². The van der Waals surface area contributed by atoms with Crippen molar-refractivity contribution < 1.29 is 27.8 Å². The average Bonchev–Trinajstić information content (AvgIpc) is 2.26. The van der Waals surface area contributed by atoms with E-state index in [1.54, 1.807) is 0 Å². The van der Waals surface area contributed by atoms with E-state index in [4.69, 9.17) is 0 Å². The maximum absolute atomic E-state index is 12.5. The topological polar surface area (TPSA) is 46.5 Å². The van der Waals surface area contributed by atoms with Crippen LogP contribution in [0, 0.1) is 0 Å². The Labute approximate surface area is 95.8 Å². The van der Waals surface area contributed by atoms with Crippen LogP contribution in [-0.2, 0) is 10.3 Å². The van der Waals surface area contributed by atoms with Crippen molar-refractivity contribution in [2.24, 2.45) is 0 Å². The lowest BCUT2D eigenvalue weighted by Gasteiger charge is -2.26. The van der Waals surface area contributed by atoms with Gasteiger partial charge in [0.1, 0.15) is 0 Å². The van der Waals surface area contributed by atoms with Crippen LogP contribution in [0.2, 0.25) is 0 Å². The Hall–Kier alpha value is -1.56. The Morgan fingerprint density at radius 1 is 1.24 bits per heavy atom. The van der Waals surface area contributed by atoms with Gasteiger partial charge in [0.2, 0.25) is 0 Å². The summed E-state index contributed by atoms with van der Waals surface area (Å²) in [7, 11) is 1.17. The highest BCUT2D eigenvalue weighted by atomic mass is 19.4. The lowest BCUT2D eigenvalue weighted by molar-refractivity contribution is -0.258. The first-order valence-corrected chi connectivity index (χ1v) is 4.68. The summed E-state index contributed by atoms with van der Waals surface area (Å²) in [6, 6.07) is 4.42. The SMILES string of the molecule is COC(=O)c1ccc(C(C)(O)C(F)(F)F)cc1. The molecule has 0 amide bonds. The van der Waals surface area contributed by atoms with Crippen LogP contribution in [0.4, 0.5) is 13.2 Å². The summed E-state index contributed by atoms with van der Waals surface area (Å²) in [5.41, 5.74) is -3.16. The molecule has 0 bridgehead atoms. The molecule has 0 fully saturated rings. The molecular formula is C11H11F3O3. The van der Waals surface area contributed by atoms with E-state index < -0.39 is 17.7 Å². The zero-order valence-corrected chi connectivity index (χ0v) is 9.21. The Balaban J connectivity index is 3.07. The van der Waals surface area contributed by atoms with Crippen molar-refractivity contribution >= 4 is 5.97 Å². The highest BCUT2D eigenvalue weighted by Gasteiger charge is 2.51. The molecule has 1 rings (SSSR count). The van der Waals surface area contributed by atoms with E-state index in [0.717, 1.165) is 12.1 Å². The number of methoxy groups -OCH3 is 1. The minimum Gasteiger partial charge on any atom is -0.465 e. The number of halogens is 3. The second kappa shape index (κ2) is 4.37. The first-order valence-electron chi connectivity index (χ1n) is 4.68. The van der Waals surface area contributed by atoms with Gasteiger partial charge in [-0.2, -0.15) is 13.2 Å². The summed E-state index contributed by atoms with van der Waals surface area (Å²) in [5.74, 6) is -0.650. The number of hydrogen-bond acceptors (Lipinski definition) is 3. The van der Waals surface area contributed by atoms with Crippen molar-refractivity contribution in [3.63, 3.8) is 0 Å². The van der Waals surface area contributed by atoms with Crippen molar-refractivity contribution in [2.75, 3.05) is 7.11 Å². The third kappa shape index (κ3) is 2.58. The van der Waals surface area contributed by atoms with Gasteiger partial charge in [-0.25, -0.2) is 4.79 Å². The number of benzene rings is 1. The molecule has 1 aromatic rings. The normalized spacial score (nSPS) is 15.2. The molecule has 1 atom stereocenters. The molecule has 0 aliphatic carbocycles. The van der Waals surface area contributed by atoms with E-state index in [9.17, 15) is 23.1 Å². The Bertz CT molecular complexity index is 407. The number of carbonyl (C=O) groups is 1. The summed E-state index contributed by atoms with van der Waals surface area (Å²) >= 11 is 0. The lowest BCUT2D eigenvalue weighted by atomic mass is 9.94. The summed E-state index contributed by atoms with van der Waals surface area (Å²) < 4.78 is 41.9. The van der Waals surface area contributed by atoms with Crippen LogP contribution in [0.1, 0.15) is 22.8 Å². The average molecular weight is 248 g/mol. The summed E-state index contributed by atoms with van der Waals surface area (Å²) in [6.07, 6.45) is -4.78. The number of aliphatic hydroxyl groups is 1. The first-order chi connectivity index (χ1) is 7.70. The molecule has 0 aliphatic heterocycles. The molecule has 6 heteroatoms. The van der Waals surface area contributed by atoms with Crippen molar-refractivity contribution in [3.05, 3.63) is 35.4 Å². The summed E-state index contributed by atoms with van der Waals surface area (Å²) in [4.78, 5) is 11.1. The van der Waals surface area contributed by atoms with Crippen molar-refractivity contribution in [2.45, 2.75) is 18.7 Å². The Kier molecular flexibility index (Phi) is 3.47. The second-order valence-electron chi connectivity index (χ2n) is 3.64. The predicted octanol–water partition coefficient (Wildman–Crippen LogP) is 2.24. The molecular weight excluding hydrogens is 237 g/mol. The molecule has 0 radical (unpaired) electrons. The van der Waals surface area contributed by atoms with E-state index in [1.165, 1.54) is 19.2 Å². The highest BCUT2D eigenvalue weighted by molar-refractivity contribution is 5.89. The largest absolute Gasteiger partial charge is 0.465 e. The molecule has 1 N–H and O–H groups in total. The van der Waals surface area contributed by atoms with Gasteiger partial charge < -0.3 is 9.84 Å². The molecule has 94 valence electrons. The zero-order chi connectivity index (χ0) is 13.3. The fraction of sp³-hybridized carbons (Fsp3) is 0.364. The van der Waals surface area contributed by atoms with Gasteiger partial charge >= 0.3 is 12.1 Å². The Morgan fingerprint density at radius 2 is 1.71 bits per heavy atom. The van der Waals surface area contributed by atoms with Crippen molar-refractivity contribution in [1.82, 2.24) is 0 Å². The van der Waals surface area contributed by atoms with Gasteiger partial charge in [-0.1, -0.05) is 12.1 Å². The maximum atomic E-state index is 12.5. The molecule has 0 saturated carbocycles. The molecule has 0 aliphatic rings. The van der Waals surface area contributed by atoms with Gasteiger partial charge in [-0.3, -0.25) is 0 Å². The van der Waals surface area contributed by atoms with Crippen LogP contribution in [0.5, 0.6) is 0 Å². The monoisotopic (exact) mass is 248 g/mol. The van der Waals surface area contributed by atoms with E-state index in [1.807, 2.05) is 0 Å². The quantitative estimate of drug-likeness (QED) is 0.816. The van der Waals surface area contributed by atoms with Gasteiger partial charge in [0.05, 0.1) is 12.7 Å². The fourth-order valence-corrected chi connectivity index (χ4v) is 1.21. The van der Waals surface area contributed by atoms with Crippen LogP contribution in [0.3, 0.4) is 0 Å². The summed E-state index contributed by atoms with van der Waals surface area (Å²) in [6.45, 7) is 0.653. The smallest absolute Gasteiger partial charge is 0.421 e. The van der Waals surface area contributed by atoms with Crippen LogP contribution < -0.4 is 0 Å². The van der Waals surface area contributed by atoms with E-state index in [2.05, 4.69) is 4.74 Å². The van der Waals surface area contributed by atoms with Crippen LogP contribution in [0.25, 0.3) is 0 Å². The van der Waals surface area contributed by atoms with Gasteiger partial charge in [0.15, 0.2) is 5.60 Å². The van der Waals surface area contributed by atoms with E-state index >= 15 is 0 Å². The molecule has 3 nitrogen and oxygen atoms in total. The van der Waals surface area contributed by atoms with Crippen LogP contribution in [-0.4, -0.2) is 24.4 Å². The third-order valence-corrected chi connectivity index (χ3v) is 2.42. The second-order valence-corrected chi connectivity index (χ2v) is 3.64. The first kappa shape index (κ1) is 13.5. The molecule has 0 saturated heterocycles. The van der Waals surface area contributed by atoms with Gasteiger partial charge in [0.25, 0.3) is 0 Å². The highest BCUT2D eigenvalue weighted by Crippen LogP contribution is 2.38. The van der Waals surface area contributed by atoms with Gasteiger partial charge in [0, 0.05) is 0 Å². The number of alkyl halides is 3. The van der Waals surface area contributed by atoms with Gasteiger partial charge in [-0.05, 0) is 24.6 Å². The van der Waals surface area contributed by atoms with Crippen LogP contribution >= 0.6 is 0 Å². The van der Waals surface area contributed by atoms with Crippen molar-refractivity contribution in [1.29, 1.82) is 0 Å². The minimum atomic E-state index is -4.78. The lowest BCUT2D eigenvalue weighted by Crippen LogP contribution is -2.39. The third-order valence-electron chi connectivity index (χ3n) is 2.42. The Morgan fingerprint density at radius 3 is 2.06 bits per heavy atom. The van der Waals surface area contributed by atoms with Gasteiger partial charge in [-0.15, -0.1) is 0 Å². The number of carbonyl (C=O) groups excluding carboxylic acids is 1. The maximum Gasteiger partial charge on any atom is 0.421 e. The fourth-order valence-electron chi connectivity index (χ4n) is 1.21. The standard InChI is InChI=1S/C11H11F3O3/c1-10(16,11(12,13)14)8-5-3-7(4-6-8)9(15)17-2/h3-6,16H,1-2H3. The van der Waals surface area contributed by atoms with E-state index in [0.29, 0.717) is 6.92 Å². The van der Waals surface area contributed by atoms with Crippen LogP contribution in [0.15, 0.2) is 24.3 Å². The molecule has 1 aromatic carbocycles. The molecule has 0 heterocycles. The molecule has 0 spiro atoms. The number of esters is 1. The molecule has 17 heavy (non-hydrogen) atoms. The number of ether oxygens (including phenoxy) is 1. The summed E-state index contributed by atoms with van der Waals surface area (Å²) in [5, 5.41) is 9.37. The number of hydrogen-bond donors (Lipinski definition) is 1.